The average Bonchev–Trinajstić information content (AvgIpc) is 3.02. The lowest BCUT2D eigenvalue weighted by atomic mass is 10.1. The molecule has 0 bridgehead atoms. The van der Waals surface area contributed by atoms with Crippen LogP contribution in [0.4, 0.5) is 16.0 Å². The number of carbonyl (C=O) groups is 1. The van der Waals surface area contributed by atoms with Gasteiger partial charge in [-0.25, -0.2) is 9.37 Å². The van der Waals surface area contributed by atoms with Crippen molar-refractivity contribution in [3.05, 3.63) is 51.2 Å². The topological polar surface area (TPSA) is 78.5 Å². The minimum Gasteiger partial charge on any atom is -0.374 e. The maximum atomic E-state index is 13.7. The summed E-state index contributed by atoms with van der Waals surface area (Å²) in [4.78, 5) is 35.0. The molecule has 3 heterocycles. The number of H-pyrrole nitrogens is 1. The largest absolute Gasteiger partial charge is 0.374 e. The molecule has 28 heavy (non-hydrogen) atoms. The number of morpholine rings is 1. The Hall–Kier alpha value is -2.45. The summed E-state index contributed by atoms with van der Waals surface area (Å²) in [6, 6.07) is 4.14. The number of hydrogen-bond donors (Lipinski definition) is 1. The van der Waals surface area contributed by atoms with Crippen LogP contribution in [0, 0.1) is 5.82 Å². The number of amides is 1. The van der Waals surface area contributed by atoms with Crippen LogP contribution in [0.3, 0.4) is 0 Å². The molecule has 1 fully saturated rings. The Kier molecular flexibility index (Phi) is 5.07. The molecule has 1 saturated heterocycles. The number of nitrogens with one attached hydrogen (secondary N) is 1. The zero-order valence-corrected chi connectivity index (χ0v) is 16.1. The highest BCUT2D eigenvalue weighted by molar-refractivity contribution is 6.32. The van der Waals surface area contributed by atoms with Crippen LogP contribution in [-0.2, 0) is 16.0 Å². The molecule has 0 spiro atoms. The number of carbonyl (C=O) groups excluding carboxylic acids is 1. The zero-order valence-electron chi connectivity index (χ0n) is 15.3. The summed E-state index contributed by atoms with van der Waals surface area (Å²) in [6.45, 7) is 3.37. The highest BCUT2D eigenvalue weighted by Crippen LogP contribution is 2.38. The Bertz CT molecular complexity index is 966. The number of rotatable bonds is 3. The Morgan fingerprint density at radius 2 is 2.25 bits per heavy atom. The fourth-order valence-electron chi connectivity index (χ4n) is 3.86. The van der Waals surface area contributed by atoms with Gasteiger partial charge in [0.25, 0.3) is 5.56 Å². The van der Waals surface area contributed by atoms with E-state index >= 15 is 0 Å². The maximum Gasteiger partial charge on any atom is 0.252 e. The monoisotopic (exact) mass is 406 g/mol. The van der Waals surface area contributed by atoms with Gasteiger partial charge in [-0.05, 0) is 31.0 Å². The number of halogens is 2. The second-order valence-electron chi connectivity index (χ2n) is 7.08. The van der Waals surface area contributed by atoms with Crippen molar-refractivity contribution >= 4 is 29.1 Å². The number of aromatic nitrogens is 2. The lowest BCUT2D eigenvalue weighted by Crippen LogP contribution is -2.46. The van der Waals surface area contributed by atoms with Crippen LogP contribution >= 0.6 is 11.6 Å². The number of benzene rings is 1. The van der Waals surface area contributed by atoms with Crippen LogP contribution in [0.5, 0.6) is 0 Å². The van der Waals surface area contributed by atoms with Crippen molar-refractivity contribution < 1.29 is 13.9 Å². The fraction of sp³-hybridized carbons (Fsp3) is 0.421. The van der Waals surface area contributed by atoms with Crippen LogP contribution in [0.2, 0.25) is 5.02 Å². The van der Waals surface area contributed by atoms with Gasteiger partial charge in [0.15, 0.2) is 0 Å². The zero-order chi connectivity index (χ0) is 19.8. The van der Waals surface area contributed by atoms with Gasteiger partial charge < -0.3 is 14.5 Å². The molecule has 2 aliphatic rings. The van der Waals surface area contributed by atoms with Gasteiger partial charge in [0.05, 0.1) is 24.2 Å². The van der Waals surface area contributed by atoms with E-state index in [0.717, 1.165) is 0 Å². The fourth-order valence-corrected chi connectivity index (χ4v) is 4.09. The lowest BCUT2D eigenvalue weighted by Gasteiger charge is -2.34. The first-order chi connectivity index (χ1) is 13.4. The van der Waals surface area contributed by atoms with Crippen LogP contribution in [0.15, 0.2) is 29.2 Å². The lowest BCUT2D eigenvalue weighted by molar-refractivity contribution is -0.122. The molecule has 0 aliphatic carbocycles. The smallest absolute Gasteiger partial charge is 0.252 e. The van der Waals surface area contributed by atoms with E-state index in [1.54, 1.807) is 11.0 Å². The van der Waals surface area contributed by atoms with Gasteiger partial charge in [-0.3, -0.25) is 14.6 Å². The molecule has 0 radical (unpaired) electrons. The standard InChI is InChI=1S/C19H20ClFN4O3/c1-11-8-13-15(3-2-14(21)18(13)20)25(11)17(27)9-12-10-24(6-7-28-12)19-22-5-4-16(26)23-19/h2-5,11-12H,6-10H2,1H3,(H,22,23,26). The van der Waals surface area contributed by atoms with Gasteiger partial charge in [-0.1, -0.05) is 11.6 Å². The molecule has 1 amide bonds. The summed E-state index contributed by atoms with van der Waals surface area (Å²) in [7, 11) is 0. The normalized spacial score (nSPS) is 21.7. The molecule has 2 aromatic rings. The van der Waals surface area contributed by atoms with Gasteiger partial charge in [0.2, 0.25) is 11.9 Å². The first-order valence-electron chi connectivity index (χ1n) is 9.15. The van der Waals surface area contributed by atoms with E-state index in [2.05, 4.69) is 9.97 Å². The minimum absolute atomic E-state index is 0.0823. The molecule has 2 atom stereocenters. The average molecular weight is 407 g/mol. The van der Waals surface area contributed by atoms with Crippen LogP contribution in [0.25, 0.3) is 0 Å². The molecule has 1 aromatic heterocycles. The van der Waals surface area contributed by atoms with Crippen LogP contribution < -0.4 is 15.4 Å². The van der Waals surface area contributed by atoms with Gasteiger partial charge in [0, 0.05) is 37.1 Å². The Morgan fingerprint density at radius 3 is 3.04 bits per heavy atom. The van der Waals surface area contributed by atoms with E-state index in [-0.39, 0.29) is 35.1 Å². The molecule has 1 N–H and O–H groups in total. The van der Waals surface area contributed by atoms with E-state index in [1.807, 2.05) is 11.8 Å². The molecule has 1 aromatic carbocycles. The molecule has 148 valence electrons. The molecular weight excluding hydrogens is 387 g/mol. The first kappa shape index (κ1) is 18.9. The highest BCUT2D eigenvalue weighted by atomic mass is 35.5. The van der Waals surface area contributed by atoms with Crippen LogP contribution in [-0.4, -0.2) is 47.7 Å². The number of ether oxygens (including phenoxy) is 1. The summed E-state index contributed by atoms with van der Waals surface area (Å²) >= 11 is 6.09. The van der Waals surface area contributed by atoms with Gasteiger partial charge >= 0.3 is 0 Å². The SMILES string of the molecule is CC1Cc2c(ccc(F)c2Cl)N1C(=O)CC1CN(c2nccc(=O)[nH]2)CCO1. The van der Waals surface area contributed by atoms with E-state index < -0.39 is 5.82 Å². The van der Waals surface area contributed by atoms with Crippen molar-refractivity contribution in [2.24, 2.45) is 0 Å². The Labute approximate surface area is 166 Å². The number of nitrogens with zero attached hydrogens (tertiary/aromatic N) is 3. The van der Waals surface area contributed by atoms with Crippen LogP contribution in [0.1, 0.15) is 18.9 Å². The third-order valence-corrected chi connectivity index (χ3v) is 5.55. The summed E-state index contributed by atoms with van der Waals surface area (Å²) in [6.07, 6.45) is 1.81. The number of aromatic amines is 1. The molecule has 2 unspecified atom stereocenters. The van der Waals surface area contributed by atoms with Gasteiger partial charge in [0.1, 0.15) is 5.82 Å². The maximum absolute atomic E-state index is 13.7. The first-order valence-corrected chi connectivity index (χ1v) is 9.52. The minimum atomic E-state index is -0.475. The van der Waals surface area contributed by atoms with E-state index in [0.29, 0.717) is 43.3 Å². The molecule has 4 rings (SSSR count). The van der Waals surface area contributed by atoms with E-state index in [9.17, 15) is 14.0 Å². The number of anilines is 2. The Morgan fingerprint density at radius 1 is 1.43 bits per heavy atom. The third-order valence-electron chi connectivity index (χ3n) is 5.14. The summed E-state index contributed by atoms with van der Waals surface area (Å²) in [5, 5.41) is 0.0823. The highest BCUT2D eigenvalue weighted by Gasteiger charge is 2.35. The number of hydrogen-bond acceptors (Lipinski definition) is 5. The van der Waals surface area contributed by atoms with Crippen molar-refractivity contribution in [3.8, 4) is 0 Å². The van der Waals surface area contributed by atoms with Crippen molar-refractivity contribution in [1.29, 1.82) is 0 Å². The van der Waals surface area contributed by atoms with E-state index in [4.69, 9.17) is 16.3 Å². The second kappa shape index (κ2) is 7.52. The Balaban J connectivity index is 1.48. The predicted octanol–water partition coefficient (Wildman–Crippen LogP) is 2.14. The van der Waals surface area contributed by atoms with Gasteiger partial charge in [-0.15, -0.1) is 0 Å². The van der Waals surface area contributed by atoms with Crippen molar-refractivity contribution in [2.75, 3.05) is 29.5 Å². The molecular formula is C19H20ClFN4O3. The van der Waals surface area contributed by atoms with Crippen molar-refractivity contribution in [2.45, 2.75) is 31.9 Å². The number of fused-ring (bicyclic) bond motifs is 1. The summed E-state index contributed by atoms with van der Waals surface area (Å²) < 4.78 is 19.5. The summed E-state index contributed by atoms with van der Waals surface area (Å²) in [5.41, 5.74) is 1.10. The molecule has 2 aliphatic heterocycles. The van der Waals surface area contributed by atoms with Crippen molar-refractivity contribution in [3.63, 3.8) is 0 Å². The molecule has 9 heteroatoms. The molecule has 7 nitrogen and oxygen atoms in total. The van der Waals surface area contributed by atoms with Gasteiger partial charge in [-0.2, -0.15) is 0 Å². The predicted molar refractivity (Wildman–Crippen MR) is 103 cm³/mol. The second-order valence-corrected chi connectivity index (χ2v) is 7.45. The molecule has 0 saturated carbocycles. The van der Waals surface area contributed by atoms with E-state index in [1.165, 1.54) is 18.3 Å². The van der Waals surface area contributed by atoms with Crippen molar-refractivity contribution in [1.82, 2.24) is 9.97 Å². The summed E-state index contributed by atoms with van der Waals surface area (Å²) in [5.74, 6) is -0.108. The third kappa shape index (κ3) is 3.49. The quantitative estimate of drug-likeness (QED) is 0.844.